The van der Waals surface area contributed by atoms with Gasteiger partial charge in [0.1, 0.15) is 0 Å². The van der Waals surface area contributed by atoms with Gasteiger partial charge in [-0.25, -0.2) is 0 Å². The van der Waals surface area contributed by atoms with Crippen LogP contribution in [0.2, 0.25) is 0 Å². The number of carbonyl (C=O) groups excluding carboxylic acids is 2. The van der Waals surface area contributed by atoms with Crippen LogP contribution in [0.3, 0.4) is 0 Å². The topological polar surface area (TPSA) is 61.8 Å². The monoisotopic (exact) mass is 442 g/mol. The van der Waals surface area contributed by atoms with E-state index in [1.54, 1.807) is 0 Å². The minimum atomic E-state index is -0.378. The van der Waals surface area contributed by atoms with Crippen molar-refractivity contribution < 1.29 is 23.8 Å². The zero-order valence-corrected chi connectivity index (χ0v) is 21.5. The molecule has 31 heavy (non-hydrogen) atoms. The van der Waals surface area contributed by atoms with Crippen LogP contribution in [0.1, 0.15) is 119 Å². The van der Waals surface area contributed by atoms with E-state index in [1.807, 2.05) is 48.7 Å². The second-order valence-corrected chi connectivity index (χ2v) is 9.97. The van der Waals surface area contributed by atoms with Crippen LogP contribution in [0.15, 0.2) is 0 Å². The van der Waals surface area contributed by atoms with Crippen LogP contribution in [0.5, 0.6) is 0 Å². The Bertz CT molecular complexity index is 442. The summed E-state index contributed by atoms with van der Waals surface area (Å²) in [7, 11) is 1.81. The molecule has 5 nitrogen and oxygen atoms in total. The Kier molecular flexibility index (Phi) is 15.9. The second kappa shape index (κ2) is 16.5. The smallest absolute Gasteiger partial charge is 0.311 e. The Morgan fingerprint density at radius 2 is 1.00 bits per heavy atom. The van der Waals surface area contributed by atoms with E-state index in [0.717, 1.165) is 51.4 Å². The zero-order valence-electron chi connectivity index (χ0n) is 21.5. The van der Waals surface area contributed by atoms with Crippen LogP contribution in [-0.4, -0.2) is 38.4 Å². The second-order valence-electron chi connectivity index (χ2n) is 9.97. The summed E-state index contributed by atoms with van der Waals surface area (Å²) in [5.74, 6) is -0.169. The first-order valence-electron chi connectivity index (χ1n) is 12.5. The number of rotatable bonds is 19. The molecule has 0 aromatic rings. The third kappa shape index (κ3) is 13.8. The van der Waals surface area contributed by atoms with Crippen LogP contribution in [0.25, 0.3) is 0 Å². The zero-order chi connectivity index (χ0) is 23.8. The molecule has 0 unspecified atom stereocenters. The number of hydrogen-bond donors (Lipinski definition) is 0. The number of hydrogen-bond acceptors (Lipinski definition) is 5. The summed E-state index contributed by atoms with van der Waals surface area (Å²) in [5, 5.41) is 0. The lowest BCUT2D eigenvalue weighted by molar-refractivity contribution is -0.154. The molecule has 5 heteroatoms. The van der Waals surface area contributed by atoms with Crippen molar-refractivity contribution >= 4 is 11.9 Å². The Morgan fingerprint density at radius 1 is 0.645 bits per heavy atom. The van der Waals surface area contributed by atoms with E-state index in [-0.39, 0.29) is 22.8 Å². The maximum absolute atomic E-state index is 11.9. The van der Waals surface area contributed by atoms with Gasteiger partial charge < -0.3 is 14.2 Å². The molecule has 0 aliphatic rings. The minimum Gasteiger partial charge on any atom is -0.466 e. The number of unbranched alkanes of at least 4 members (excludes halogenated alkanes) is 6. The summed E-state index contributed by atoms with van der Waals surface area (Å²) >= 11 is 0. The minimum absolute atomic E-state index is 0.0843. The maximum atomic E-state index is 11.9. The Labute approximate surface area is 192 Å². The highest BCUT2D eigenvalue weighted by atomic mass is 16.5. The maximum Gasteiger partial charge on any atom is 0.311 e. The summed E-state index contributed by atoms with van der Waals surface area (Å²) in [6, 6.07) is 0. The van der Waals surface area contributed by atoms with Crippen LogP contribution in [-0.2, 0) is 23.8 Å². The fraction of sp³-hybridized carbons (Fsp3) is 0.923. The van der Waals surface area contributed by atoms with Gasteiger partial charge in [-0.1, -0.05) is 51.4 Å². The predicted octanol–water partition coefficient (Wildman–Crippen LogP) is 6.86. The highest BCUT2D eigenvalue weighted by Gasteiger charge is 2.29. The molecular weight excluding hydrogens is 392 g/mol. The number of esters is 2. The lowest BCUT2D eigenvalue weighted by Crippen LogP contribution is -2.26. The Hall–Kier alpha value is -1.10. The fourth-order valence-corrected chi connectivity index (χ4v) is 3.82. The molecule has 0 fully saturated rings. The van der Waals surface area contributed by atoms with E-state index in [0.29, 0.717) is 19.3 Å². The summed E-state index contributed by atoms with van der Waals surface area (Å²) < 4.78 is 16.0. The van der Waals surface area contributed by atoms with Crippen molar-refractivity contribution in [3.8, 4) is 0 Å². The molecule has 0 atom stereocenters. The molecule has 0 saturated heterocycles. The van der Waals surface area contributed by atoms with Gasteiger partial charge in [0.15, 0.2) is 0 Å². The lowest BCUT2D eigenvalue weighted by atomic mass is 9.86. The van der Waals surface area contributed by atoms with Crippen molar-refractivity contribution in [2.24, 2.45) is 10.8 Å². The van der Waals surface area contributed by atoms with Crippen LogP contribution in [0, 0.1) is 10.8 Å². The summed E-state index contributed by atoms with van der Waals surface area (Å²) in [6.45, 7) is 12.5. The Balaban J connectivity index is 3.83. The fourth-order valence-electron chi connectivity index (χ4n) is 3.82. The van der Waals surface area contributed by atoms with Crippen molar-refractivity contribution in [3.63, 3.8) is 0 Å². The van der Waals surface area contributed by atoms with Crippen LogP contribution in [0.4, 0.5) is 0 Å². The molecule has 0 radical (unpaired) electrons. The van der Waals surface area contributed by atoms with Crippen molar-refractivity contribution in [3.05, 3.63) is 0 Å². The van der Waals surface area contributed by atoms with Crippen molar-refractivity contribution in [1.82, 2.24) is 0 Å². The quantitative estimate of drug-likeness (QED) is 0.161. The molecule has 0 bridgehead atoms. The predicted molar refractivity (Wildman–Crippen MR) is 127 cm³/mol. The van der Waals surface area contributed by atoms with E-state index in [2.05, 4.69) is 0 Å². The molecule has 0 saturated carbocycles. The normalized spacial score (nSPS) is 12.3. The Morgan fingerprint density at radius 3 is 1.32 bits per heavy atom. The third-order valence-corrected chi connectivity index (χ3v) is 6.15. The van der Waals surface area contributed by atoms with Gasteiger partial charge in [-0.15, -0.1) is 0 Å². The molecule has 0 aromatic heterocycles. The third-order valence-electron chi connectivity index (χ3n) is 6.15. The standard InChI is InChI=1S/C26H50O5/c1-8-30-23(27)25(3,4)20-16-12-10-14-18-22(29-7)19-15-11-13-17-21-26(5,6)24(28)31-9-2/h22H,8-21H2,1-7H3. The van der Waals surface area contributed by atoms with Gasteiger partial charge in [-0.3, -0.25) is 9.59 Å². The SMILES string of the molecule is CCOC(=O)C(C)(C)CCCCCCC(CCCCCCC(C)(C)C(=O)OCC)OC. The molecule has 0 aliphatic carbocycles. The van der Waals surface area contributed by atoms with Gasteiger partial charge >= 0.3 is 11.9 Å². The van der Waals surface area contributed by atoms with Gasteiger partial charge in [0.2, 0.25) is 0 Å². The summed E-state index contributed by atoms with van der Waals surface area (Å²) in [6.07, 6.45) is 13.4. The molecule has 0 aromatic carbocycles. The van der Waals surface area contributed by atoms with Crippen LogP contribution >= 0.6 is 0 Å². The molecule has 0 N–H and O–H groups in total. The van der Waals surface area contributed by atoms with E-state index >= 15 is 0 Å². The van der Waals surface area contributed by atoms with E-state index in [9.17, 15) is 9.59 Å². The molecule has 184 valence electrons. The first kappa shape index (κ1) is 29.9. The van der Waals surface area contributed by atoms with E-state index in [1.165, 1.54) is 25.7 Å². The largest absolute Gasteiger partial charge is 0.466 e. The molecule has 0 heterocycles. The number of methoxy groups -OCH3 is 1. The van der Waals surface area contributed by atoms with Gasteiger partial charge in [-0.05, 0) is 67.2 Å². The average molecular weight is 443 g/mol. The van der Waals surface area contributed by atoms with E-state index < -0.39 is 0 Å². The first-order valence-corrected chi connectivity index (χ1v) is 12.5. The highest BCUT2D eigenvalue weighted by molar-refractivity contribution is 5.76. The number of ether oxygens (including phenoxy) is 3. The summed E-state index contributed by atoms with van der Waals surface area (Å²) in [4.78, 5) is 23.8. The van der Waals surface area contributed by atoms with Gasteiger partial charge in [0.25, 0.3) is 0 Å². The summed E-state index contributed by atoms with van der Waals surface area (Å²) in [5.41, 5.74) is -0.757. The number of carbonyl (C=O) groups is 2. The average Bonchev–Trinajstić information content (AvgIpc) is 2.71. The van der Waals surface area contributed by atoms with Crippen molar-refractivity contribution in [2.45, 2.75) is 125 Å². The molecular formula is C26H50O5. The molecule has 0 amide bonds. The molecule has 0 rings (SSSR count). The van der Waals surface area contributed by atoms with Gasteiger partial charge in [0, 0.05) is 7.11 Å². The first-order chi connectivity index (χ1) is 14.6. The highest BCUT2D eigenvalue weighted by Crippen LogP contribution is 2.27. The van der Waals surface area contributed by atoms with Crippen LogP contribution < -0.4 is 0 Å². The lowest BCUT2D eigenvalue weighted by Gasteiger charge is -2.22. The van der Waals surface area contributed by atoms with Gasteiger partial charge in [0.05, 0.1) is 30.1 Å². The van der Waals surface area contributed by atoms with E-state index in [4.69, 9.17) is 14.2 Å². The molecule has 0 aliphatic heterocycles. The van der Waals surface area contributed by atoms with Crippen molar-refractivity contribution in [1.29, 1.82) is 0 Å². The molecule has 0 spiro atoms. The van der Waals surface area contributed by atoms with Crippen molar-refractivity contribution in [2.75, 3.05) is 20.3 Å². The van der Waals surface area contributed by atoms with Gasteiger partial charge in [-0.2, -0.15) is 0 Å².